The summed E-state index contributed by atoms with van der Waals surface area (Å²) < 4.78 is 6.04. The van der Waals surface area contributed by atoms with Crippen molar-refractivity contribution in [1.29, 1.82) is 0 Å². The molecular weight excluding hydrogens is 434 g/mol. The van der Waals surface area contributed by atoms with Crippen molar-refractivity contribution in [1.82, 2.24) is 19.9 Å². The first kappa shape index (κ1) is 20.7. The van der Waals surface area contributed by atoms with Gasteiger partial charge < -0.3 is 15.2 Å². The third-order valence-corrected chi connectivity index (χ3v) is 5.91. The van der Waals surface area contributed by atoms with E-state index in [4.69, 9.17) is 4.74 Å². The van der Waals surface area contributed by atoms with Crippen molar-refractivity contribution in [2.24, 2.45) is 0 Å². The monoisotopic (exact) mass is 453 g/mol. The lowest BCUT2D eigenvalue weighted by atomic mass is 10.2. The second-order valence-electron chi connectivity index (χ2n) is 7.14. The molecule has 33 heavy (non-hydrogen) atoms. The molecule has 0 unspecified atom stereocenters. The lowest BCUT2D eigenvalue weighted by Crippen LogP contribution is -2.00. The normalized spacial score (nSPS) is 10.8. The van der Waals surface area contributed by atoms with Crippen molar-refractivity contribution in [3.05, 3.63) is 97.2 Å². The van der Waals surface area contributed by atoms with Crippen LogP contribution in [0.1, 0.15) is 5.56 Å². The minimum Gasteiger partial charge on any atom is -0.508 e. The number of phenols is 1. The quantitative estimate of drug-likeness (QED) is 0.329. The van der Waals surface area contributed by atoms with Crippen LogP contribution >= 0.6 is 11.8 Å². The van der Waals surface area contributed by atoms with Crippen LogP contribution in [0.15, 0.2) is 101 Å². The summed E-state index contributed by atoms with van der Waals surface area (Å²) in [4.78, 5) is 18.9. The highest BCUT2D eigenvalue weighted by Crippen LogP contribution is 2.38. The number of ether oxygens (including phenoxy) is 1. The smallest absolute Gasteiger partial charge is 0.167 e. The molecule has 2 N–H and O–H groups in total. The Balaban J connectivity index is 1.47. The van der Waals surface area contributed by atoms with Gasteiger partial charge in [0.15, 0.2) is 5.65 Å². The highest BCUT2D eigenvalue weighted by atomic mass is 32.2. The summed E-state index contributed by atoms with van der Waals surface area (Å²) >= 11 is 1.57. The zero-order chi connectivity index (χ0) is 22.5. The summed E-state index contributed by atoms with van der Waals surface area (Å²) in [6, 6.07) is 23.0. The molecule has 0 spiro atoms. The molecular formula is C25H19N5O2S. The molecule has 0 radical (unpaired) electrons. The molecule has 2 heterocycles. The molecule has 0 saturated carbocycles. The van der Waals surface area contributed by atoms with Crippen molar-refractivity contribution < 1.29 is 9.84 Å². The van der Waals surface area contributed by atoms with Gasteiger partial charge >= 0.3 is 0 Å². The maximum Gasteiger partial charge on any atom is 0.167 e. The number of anilines is 2. The van der Waals surface area contributed by atoms with Gasteiger partial charge in [0, 0.05) is 22.1 Å². The zero-order valence-electron chi connectivity index (χ0n) is 17.4. The first-order valence-corrected chi connectivity index (χ1v) is 11.0. The molecule has 162 valence electrons. The Bertz CT molecular complexity index is 1380. The molecule has 0 saturated heterocycles. The topological polar surface area (TPSA) is 93.1 Å². The van der Waals surface area contributed by atoms with Crippen LogP contribution in [0.3, 0.4) is 0 Å². The fourth-order valence-corrected chi connectivity index (χ4v) is 4.08. The molecule has 2 aromatic heterocycles. The van der Waals surface area contributed by atoms with Crippen LogP contribution in [0.4, 0.5) is 11.5 Å². The van der Waals surface area contributed by atoms with Crippen LogP contribution in [-0.4, -0.2) is 25.0 Å². The molecule has 0 fully saturated rings. The average Bonchev–Trinajstić information content (AvgIpc) is 2.86. The second kappa shape index (κ2) is 9.54. The predicted molar refractivity (Wildman–Crippen MR) is 128 cm³/mol. The lowest BCUT2D eigenvalue weighted by molar-refractivity contribution is 0.306. The summed E-state index contributed by atoms with van der Waals surface area (Å²) in [5.74, 6) is 1.56. The van der Waals surface area contributed by atoms with Gasteiger partial charge in [0.25, 0.3) is 0 Å². The van der Waals surface area contributed by atoms with Crippen molar-refractivity contribution in [3.63, 3.8) is 0 Å². The van der Waals surface area contributed by atoms with Crippen LogP contribution in [0.2, 0.25) is 0 Å². The van der Waals surface area contributed by atoms with E-state index in [0.29, 0.717) is 18.1 Å². The van der Waals surface area contributed by atoms with E-state index < -0.39 is 0 Å². The standard InChI is InChI=1S/C25H19N5O2S/c31-18-6-9-20(10-7-18)33-23-11-8-19(32-14-17-4-2-1-3-5-17)12-22(23)30-25-21-13-26-15-27-24(21)28-16-29-25/h1-13,15-16,31H,14H2,(H,26,27,28,29,30). The average molecular weight is 454 g/mol. The van der Waals surface area contributed by atoms with Crippen LogP contribution in [0, 0.1) is 0 Å². The first-order valence-electron chi connectivity index (χ1n) is 10.2. The number of aromatic hydroxyl groups is 1. The Kier molecular flexibility index (Phi) is 5.99. The zero-order valence-corrected chi connectivity index (χ0v) is 18.2. The molecule has 5 rings (SSSR count). The molecule has 8 heteroatoms. The number of fused-ring (bicyclic) bond motifs is 1. The summed E-state index contributed by atoms with van der Waals surface area (Å²) in [6.07, 6.45) is 4.62. The molecule has 5 aromatic rings. The molecule has 0 aliphatic heterocycles. The second-order valence-corrected chi connectivity index (χ2v) is 8.25. The van der Waals surface area contributed by atoms with Gasteiger partial charge in [0.1, 0.15) is 36.6 Å². The molecule has 0 bridgehead atoms. The number of nitrogens with zero attached hydrogens (tertiary/aromatic N) is 4. The Hall–Kier alpha value is -4.17. The number of hydrogen-bond donors (Lipinski definition) is 2. The van der Waals surface area contributed by atoms with Crippen molar-refractivity contribution in [2.45, 2.75) is 16.4 Å². The van der Waals surface area contributed by atoms with Crippen LogP contribution in [0.25, 0.3) is 11.0 Å². The van der Waals surface area contributed by atoms with E-state index in [2.05, 4.69) is 25.3 Å². The number of benzene rings is 3. The molecule has 0 atom stereocenters. The van der Waals surface area contributed by atoms with E-state index in [-0.39, 0.29) is 5.75 Å². The largest absolute Gasteiger partial charge is 0.508 e. The van der Waals surface area contributed by atoms with Gasteiger partial charge in [-0.2, -0.15) is 0 Å². The number of phenolic OH excluding ortho intramolecular Hbond substituents is 1. The van der Waals surface area contributed by atoms with Gasteiger partial charge in [-0.25, -0.2) is 19.9 Å². The van der Waals surface area contributed by atoms with Gasteiger partial charge in [-0.3, -0.25) is 0 Å². The van der Waals surface area contributed by atoms with Crippen LogP contribution in [-0.2, 0) is 6.61 Å². The molecule has 0 aliphatic rings. The summed E-state index contributed by atoms with van der Waals surface area (Å²) in [7, 11) is 0. The van der Waals surface area contributed by atoms with Crippen LogP contribution in [0.5, 0.6) is 11.5 Å². The maximum atomic E-state index is 9.60. The third-order valence-electron chi connectivity index (χ3n) is 4.83. The number of nitrogens with one attached hydrogen (secondary N) is 1. The van der Waals surface area contributed by atoms with Gasteiger partial charge in [-0.15, -0.1) is 0 Å². The molecule has 0 aliphatic carbocycles. The number of aromatic nitrogens is 4. The van der Waals surface area contributed by atoms with E-state index in [0.717, 1.165) is 32.2 Å². The Morgan fingerprint density at radius 3 is 2.55 bits per heavy atom. The van der Waals surface area contributed by atoms with Gasteiger partial charge in [-0.05, 0) is 42.0 Å². The van der Waals surface area contributed by atoms with E-state index in [1.165, 1.54) is 12.7 Å². The Morgan fingerprint density at radius 1 is 0.879 bits per heavy atom. The third kappa shape index (κ3) is 5.02. The number of hydrogen-bond acceptors (Lipinski definition) is 8. The van der Waals surface area contributed by atoms with Crippen LogP contribution < -0.4 is 10.1 Å². The van der Waals surface area contributed by atoms with E-state index >= 15 is 0 Å². The fourth-order valence-electron chi connectivity index (χ4n) is 3.20. The summed E-state index contributed by atoms with van der Waals surface area (Å²) in [5, 5.41) is 13.7. The minimum atomic E-state index is 0.231. The van der Waals surface area contributed by atoms with Crippen molar-refractivity contribution in [2.75, 3.05) is 5.32 Å². The summed E-state index contributed by atoms with van der Waals surface area (Å²) in [6.45, 7) is 0.467. The van der Waals surface area contributed by atoms with Crippen molar-refractivity contribution in [3.8, 4) is 11.5 Å². The predicted octanol–water partition coefficient (Wildman–Crippen LogP) is 5.60. The number of rotatable bonds is 7. The highest BCUT2D eigenvalue weighted by molar-refractivity contribution is 7.99. The van der Waals surface area contributed by atoms with Gasteiger partial charge in [-0.1, -0.05) is 42.1 Å². The Morgan fingerprint density at radius 2 is 1.70 bits per heavy atom. The van der Waals surface area contributed by atoms with Gasteiger partial charge in [0.05, 0.1) is 11.1 Å². The Labute approximate surface area is 194 Å². The highest BCUT2D eigenvalue weighted by Gasteiger charge is 2.11. The fraction of sp³-hybridized carbons (Fsp3) is 0.0400. The minimum absolute atomic E-state index is 0.231. The van der Waals surface area contributed by atoms with E-state index in [1.54, 1.807) is 30.1 Å². The molecule has 7 nitrogen and oxygen atoms in total. The SMILES string of the molecule is Oc1ccc(Sc2ccc(OCc3ccccc3)cc2Nc2ncnc3ncncc23)cc1. The van der Waals surface area contributed by atoms with Crippen molar-refractivity contribution >= 4 is 34.3 Å². The molecule has 3 aromatic carbocycles. The van der Waals surface area contributed by atoms with E-state index in [9.17, 15) is 5.11 Å². The molecule has 0 amide bonds. The lowest BCUT2D eigenvalue weighted by Gasteiger charge is -2.15. The van der Waals surface area contributed by atoms with E-state index in [1.807, 2.05) is 60.7 Å². The maximum absolute atomic E-state index is 9.60. The first-order chi connectivity index (χ1) is 16.2. The summed E-state index contributed by atoms with van der Waals surface area (Å²) in [5.41, 5.74) is 2.47. The van der Waals surface area contributed by atoms with Gasteiger partial charge in [0.2, 0.25) is 0 Å².